The number of nitrogens with zero attached hydrogens (tertiary/aromatic N) is 2. The van der Waals surface area contributed by atoms with E-state index < -0.39 is 0 Å². The maximum Gasteiger partial charge on any atom is 0.130 e. The normalized spacial score (nSPS) is 17.6. The Morgan fingerprint density at radius 2 is 1.88 bits per heavy atom. The second kappa shape index (κ2) is 10.2. The van der Waals surface area contributed by atoms with Gasteiger partial charge in [-0.1, -0.05) is 30.3 Å². The lowest BCUT2D eigenvalue weighted by Gasteiger charge is -2.23. The van der Waals surface area contributed by atoms with E-state index in [2.05, 4.69) is 45.5 Å². The van der Waals surface area contributed by atoms with Crippen LogP contribution in [0.5, 0.6) is 5.75 Å². The number of pyridine rings is 1. The van der Waals surface area contributed by atoms with Crippen molar-refractivity contribution in [1.82, 2.24) is 9.88 Å². The summed E-state index contributed by atoms with van der Waals surface area (Å²) in [5.41, 5.74) is 4.85. The average molecular weight is 430 g/mol. The van der Waals surface area contributed by atoms with E-state index >= 15 is 0 Å². The molecule has 2 heterocycles. The van der Waals surface area contributed by atoms with E-state index in [1.54, 1.807) is 6.20 Å². The van der Waals surface area contributed by atoms with Gasteiger partial charge in [-0.2, -0.15) is 0 Å². The Kier molecular flexibility index (Phi) is 6.66. The lowest BCUT2D eigenvalue weighted by atomic mass is 10.0. The van der Waals surface area contributed by atoms with Gasteiger partial charge in [0.25, 0.3) is 0 Å². The summed E-state index contributed by atoms with van der Waals surface area (Å²) in [4.78, 5) is 6.93. The summed E-state index contributed by atoms with van der Waals surface area (Å²) in [6.45, 7) is 5.04. The largest absolute Gasteiger partial charge is 0.491 e. The lowest BCUT2D eigenvalue weighted by molar-refractivity contribution is 0.0764. The third-order valence-corrected chi connectivity index (χ3v) is 6.04. The molecule has 0 radical (unpaired) electrons. The van der Waals surface area contributed by atoms with E-state index in [0.29, 0.717) is 13.2 Å². The van der Waals surface area contributed by atoms with E-state index in [1.165, 1.54) is 30.5 Å². The van der Waals surface area contributed by atoms with Gasteiger partial charge in [-0.25, -0.2) is 4.98 Å². The first-order chi connectivity index (χ1) is 15.8. The van der Waals surface area contributed by atoms with Crippen molar-refractivity contribution >= 4 is 11.5 Å². The summed E-state index contributed by atoms with van der Waals surface area (Å²) in [6.07, 6.45) is 5.36. The van der Waals surface area contributed by atoms with Crippen molar-refractivity contribution in [2.45, 2.75) is 25.8 Å². The highest BCUT2D eigenvalue weighted by atomic mass is 16.5. The molecular weight excluding hydrogens is 398 g/mol. The van der Waals surface area contributed by atoms with Crippen LogP contribution in [-0.4, -0.2) is 42.8 Å². The summed E-state index contributed by atoms with van der Waals surface area (Å²) in [7, 11) is 0. The Bertz CT molecular complexity index is 1020. The average Bonchev–Trinajstić information content (AvgIpc) is 3.62. The Hall–Kier alpha value is -2.89. The van der Waals surface area contributed by atoms with Crippen LogP contribution < -0.4 is 10.1 Å². The third kappa shape index (κ3) is 5.87. The number of nitrogens with one attached hydrogen (secondary N) is 1. The number of fused-ring (bicyclic) bond motifs is 3. The Balaban J connectivity index is 1.39. The van der Waals surface area contributed by atoms with Crippen LogP contribution >= 0.6 is 0 Å². The Morgan fingerprint density at radius 3 is 2.75 bits per heavy atom. The van der Waals surface area contributed by atoms with Gasteiger partial charge in [0, 0.05) is 43.5 Å². The van der Waals surface area contributed by atoms with Gasteiger partial charge in [0.15, 0.2) is 0 Å². The van der Waals surface area contributed by atoms with Gasteiger partial charge >= 0.3 is 0 Å². The van der Waals surface area contributed by atoms with Gasteiger partial charge < -0.3 is 14.8 Å². The van der Waals surface area contributed by atoms with Crippen LogP contribution in [0.4, 0.5) is 11.5 Å². The fourth-order valence-corrected chi connectivity index (χ4v) is 4.24. The van der Waals surface area contributed by atoms with Crippen molar-refractivity contribution in [3.63, 3.8) is 0 Å². The fourth-order valence-electron chi connectivity index (χ4n) is 4.24. The molecule has 1 N–H and O–H groups in total. The fraction of sp³-hybridized carbons (Fsp3) is 0.370. The van der Waals surface area contributed by atoms with Gasteiger partial charge in [0.2, 0.25) is 0 Å². The maximum atomic E-state index is 6.13. The highest BCUT2D eigenvalue weighted by Crippen LogP contribution is 2.31. The number of benzene rings is 2. The highest BCUT2D eigenvalue weighted by molar-refractivity contribution is 5.59. The summed E-state index contributed by atoms with van der Waals surface area (Å²) in [5, 5.41) is 3.40. The molecule has 5 rings (SSSR count). The van der Waals surface area contributed by atoms with Crippen molar-refractivity contribution < 1.29 is 9.47 Å². The molecule has 3 aromatic rings. The summed E-state index contributed by atoms with van der Waals surface area (Å²) in [5.74, 6) is 2.62. The van der Waals surface area contributed by atoms with E-state index in [1.807, 2.05) is 30.3 Å². The minimum atomic E-state index is 0.558. The van der Waals surface area contributed by atoms with Gasteiger partial charge in [0.05, 0.1) is 13.2 Å². The van der Waals surface area contributed by atoms with Crippen LogP contribution in [0.1, 0.15) is 29.5 Å². The molecule has 1 aromatic heterocycles. The molecule has 2 bridgehead atoms. The first-order valence-corrected chi connectivity index (χ1v) is 11.6. The summed E-state index contributed by atoms with van der Waals surface area (Å²) >= 11 is 0. The predicted octanol–water partition coefficient (Wildman–Crippen LogP) is 5.04. The zero-order chi connectivity index (χ0) is 21.6. The van der Waals surface area contributed by atoms with Crippen LogP contribution in [0.15, 0.2) is 66.9 Å². The predicted molar refractivity (Wildman–Crippen MR) is 128 cm³/mol. The number of hydrogen-bond donors (Lipinski definition) is 1. The van der Waals surface area contributed by atoms with E-state index in [9.17, 15) is 0 Å². The minimum absolute atomic E-state index is 0.558. The molecule has 1 aliphatic heterocycles. The van der Waals surface area contributed by atoms with Crippen molar-refractivity contribution in [3.05, 3.63) is 83.6 Å². The van der Waals surface area contributed by atoms with Crippen molar-refractivity contribution in [2.75, 3.05) is 38.2 Å². The molecule has 0 saturated heterocycles. The van der Waals surface area contributed by atoms with Crippen molar-refractivity contribution in [3.8, 4) is 5.75 Å². The van der Waals surface area contributed by atoms with Crippen LogP contribution in [0.3, 0.4) is 0 Å². The van der Waals surface area contributed by atoms with Crippen LogP contribution in [0.2, 0.25) is 0 Å². The van der Waals surface area contributed by atoms with Crippen molar-refractivity contribution in [2.24, 2.45) is 5.92 Å². The molecule has 1 saturated carbocycles. The maximum absolute atomic E-state index is 6.13. The highest BCUT2D eigenvalue weighted by Gasteiger charge is 2.24. The van der Waals surface area contributed by atoms with Crippen LogP contribution in [-0.2, 0) is 17.7 Å². The topological polar surface area (TPSA) is 46.6 Å². The molecule has 0 spiro atoms. The molecule has 0 unspecified atom stereocenters. The second-order valence-corrected chi connectivity index (χ2v) is 8.80. The lowest BCUT2D eigenvalue weighted by Crippen LogP contribution is -2.30. The first kappa shape index (κ1) is 21.0. The SMILES string of the molecule is c1ccc(Nc2ccc3c(c2)Cc2cccc(c2)CN(CC2CC2)CCOCCO3)nc1. The standard InChI is InChI=1S/C27H31N3O2/c1-2-11-28-27(6-1)29-25-9-10-26-24(18-25)17-22-4-3-5-23(16-22)20-30(19-21-7-8-21)12-13-31-14-15-32-26/h1-6,9-11,16,18,21H,7-8,12-15,17,19-20H2,(H,28,29). The van der Waals surface area contributed by atoms with Crippen LogP contribution in [0, 0.1) is 5.92 Å². The molecule has 0 amide bonds. The number of anilines is 2. The number of rotatable bonds is 4. The monoisotopic (exact) mass is 429 g/mol. The smallest absolute Gasteiger partial charge is 0.130 e. The van der Waals surface area contributed by atoms with E-state index in [-0.39, 0.29) is 0 Å². The summed E-state index contributed by atoms with van der Waals surface area (Å²) < 4.78 is 12.0. The third-order valence-electron chi connectivity index (χ3n) is 6.04. The molecule has 1 fully saturated rings. The molecule has 5 heteroatoms. The quantitative estimate of drug-likeness (QED) is 0.630. The van der Waals surface area contributed by atoms with E-state index in [4.69, 9.17) is 9.47 Å². The summed E-state index contributed by atoms with van der Waals surface area (Å²) in [6, 6.07) is 21.1. The first-order valence-electron chi connectivity index (χ1n) is 11.6. The van der Waals surface area contributed by atoms with Gasteiger partial charge in [-0.05, 0) is 60.2 Å². The minimum Gasteiger partial charge on any atom is -0.491 e. The number of ether oxygens (including phenoxy) is 2. The molecule has 0 atom stereocenters. The zero-order valence-corrected chi connectivity index (χ0v) is 18.5. The Morgan fingerprint density at radius 1 is 0.938 bits per heavy atom. The molecule has 2 aliphatic rings. The molecule has 2 aromatic carbocycles. The second-order valence-electron chi connectivity index (χ2n) is 8.80. The Labute approximate surface area is 190 Å². The van der Waals surface area contributed by atoms with Crippen molar-refractivity contribution in [1.29, 1.82) is 0 Å². The van der Waals surface area contributed by atoms with Crippen LogP contribution in [0.25, 0.3) is 0 Å². The molecule has 166 valence electrons. The molecular formula is C27H31N3O2. The van der Waals surface area contributed by atoms with Gasteiger partial charge in [-0.15, -0.1) is 0 Å². The molecule has 32 heavy (non-hydrogen) atoms. The van der Waals surface area contributed by atoms with Gasteiger partial charge in [0.1, 0.15) is 18.2 Å². The van der Waals surface area contributed by atoms with Gasteiger partial charge in [-0.3, -0.25) is 4.90 Å². The van der Waals surface area contributed by atoms with E-state index in [0.717, 1.165) is 54.9 Å². The zero-order valence-electron chi connectivity index (χ0n) is 18.5. The number of aromatic nitrogens is 1. The number of hydrogen-bond acceptors (Lipinski definition) is 5. The molecule has 5 nitrogen and oxygen atoms in total. The molecule has 1 aliphatic carbocycles.